The third kappa shape index (κ3) is 6.48. The van der Waals surface area contributed by atoms with Gasteiger partial charge < -0.3 is 15.4 Å². The predicted octanol–water partition coefficient (Wildman–Crippen LogP) is -0.0907. The Balaban J connectivity index is 3.95. The summed E-state index contributed by atoms with van der Waals surface area (Å²) in [6.45, 7) is 3.90. The van der Waals surface area contributed by atoms with E-state index in [0.717, 1.165) is 0 Å². The number of carbonyl (C=O) groups excluding carboxylic acids is 3. The number of likely N-dealkylation sites (N-methyl/N-ethyl adjacent to an activating group) is 1. The molecule has 0 aromatic carbocycles. The van der Waals surface area contributed by atoms with E-state index in [4.69, 9.17) is 5.73 Å². The Morgan fingerprint density at radius 1 is 1.33 bits per heavy atom. The summed E-state index contributed by atoms with van der Waals surface area (Å²) in [6, 6.07) is 0. The maximum atomic E-state index is 11.4. The minimum atomic E-state index is -0.870. The summed E-state index contributed by atoms with van der Waals surface area (Å²) < 4.78 is 4.49. The highest BCUT2D eigenvalue weighted by Gasteiger charge is 2.13. The number of carbonyl (C=O) groups is 3. The number of nitrogens with zero attached hydrogens (tertiary/aromatic N) is 1. The van der Waals surface area contributed by atoms with E-state index in [-0.39, 0.29) is 31.3 Å². The van der Waals surface area contributed by atoms with E-state index >= 15 is 0 Å². The normalized spacial score (nSPS) is 9.47. The fourth-order valence-corrected chi connectivity index (χ4v) is 1.04. The van der Waals surface area contributed by atoms with Gasteiger partial charge in [0.2, 0.25) is 5.91 Å². The second kappa shape index (κ2) is 6.80. The Kier molecular flexibility index (Phi) is 6.08. The molecule has 86 valence electrons. The van der Waals surface area contributed by atoms with Gasteiger partial charge in [-0.3, -0.25) is 9.59 Å². The van der Waals surface area contributed by atoms with Crippen molar-refractivity contribution in [2.45, 2.75) is 20.3 Å². The van der Waals surface area contributed by atoms with E-state index in [9.17, 15) is 14.4 Å². The smallest absolute Gasteiger partial charge is 0.404 e. The van der Waals surface area contributed by atoms with Gasteiger partial charge in [-0.05, 0) is 13.8 Å². The van der Waals surface area contributed by atoms with Crippen molar-refractivity contribution in [3.63, 3.8) is 0 Å². The van der Waals surface area contributed by atoms with Crippen LogP contribution < -0.4 is 5.73 Å². The molecule has 0 saturated heterocycles. The molecule has 0 aromatic heterocycles. The summed E-state index contributed by atoms with van der Waals surface area (Å²) >= 11 is 0. The number of nitrogens with two attached hydrogens (primary N) is 1. The molecule has 6 nitrogen and oxygen atoms in total. The van der Waals surface area contributed by atoms with Gasteiger partial charge in [0, 0.05) is 6.54 Å². The molecule has 0 aliphatic heterocycles. The van der Waals surface area contributed by atoms with Crippen LogP contribution >= 0.6 is 0 Å². The van der Waals surface area contributed by atoms with Gasteiger partial charge in [-0.1, -0.05) is 0 Å². The quantitative estimate of drug-likeness (QED) is 0.628. The molecule has 0 aliphatic carbocycles. The third-order valence-electron chi connectivity index (χ3n) is 1.74. The topological polar surface area (TPSA) is 89.7 Å². The van der Waals surface area contributed by atoms with E-state index < -0.39 is 6.09 Å². The zero-order valence-corrected chi connectivity index (χ0v) is 8.99. The van der Waals surface area contributed by atoms with Crippen LogP contribution in [0.25, 0.3) is 0 Å². The van der Waals surface area contributed by atoms with Crippen molar-refractivity contribution in [3.8, 4) is 0 Å². The molecule has 0 atom stereocenters. The Morgan fingerprint density at radius 2 is 1.93 bits per heavy atom. The fourth-order valence-electron chi connectivity index (χ4n) is 1.04. The molecule has 0 unspecified atom stereocenters. The summed E-state index contributed by atoms with van der Waals surface area (Å²) in [5.41, 5.74) is 4.76. The highest BCUT2D eigenvalue weighted by atomic mass is 16.5. The molecular weight excluding hydrogens is 200 g/mol. The van der Waals surface area contributed by atoms with Crippen LogP contribution in [0.5, 0.6) is 0 Å². The minimum absolute atomic E-state index is 0.0484. The lowest BCUT2D eigenvalue weighted by Crippen LogP contribution is -2.35. The summed E-state index contributed by atoms with van der Waals surface area (Å²) in [5, 5.41) is 0. The predicted molar refractivity (Wildman–Crippen MR) is 53.1 cm³/mol. The van der Waals surface area contributed by atoms with Crippen molar-refractivity contribution in [1.29, 1.82) is 0 Å². The van der Waals surface area contributed by atoms with Crippen molar-refractivity contribution < 1.29 is 19.1 Å². The van der Waals surface area contributed by atoms with Gasteiger partial charge in [-0.15, -0.1) is 0 Å². The molecule has 0 aliphatic rings. The zero-order chi connectivity index (χ0) is 11.8. The molecule has 15 heavy (non-hydrogen) atoms. The molecule has 0 rings (SSSR count). The molecule has 0 aromatic rings. The summed E-state index contributed by atoms with van der Waals surface area (Å²) in [7, 11) is 0. The first-order valence-corrected chi connectivity index (χ1v) is 4.66. The second-order valence-corrected chi connectivity index (χ2v) is 3.02. The molecule has 2 N–H and O–H groups in total. The van der Waals surface area contributed by atoms with Crippen molar-refractivity contribution >= 4 is 17.8 Å². The molecular formula is C9H16N2O4. The largest absolute Gasteiger partial charge is 0.448 e. The average Bonchev–Trinajstić information content (AvgIpc) is 2.10. The first-order chi connectivity index (χ1) is 6.97. The maximum Gasteiger partial charge on any atom is 0.404 e. The number of primary amides is 1. The summed E-state index contributed by atoms with van der Waals surface area (Å²) in [4.78, 5) is 33.8. The number of amides is 2. The molecule has 0 radical (unpaired) electrons. The van der Waals surface area contributed by atoms with Crippen LogP contribution in [-0.4, -0.2) is 42.4 Å². The lowest BCUT2D eigenvalue weighted by atomic mass is 10.3. The van der Waals surface area contributed by atoms with Gasteiger partial charge in [-0.25, -0.2) is 4.79 Å². The molecule has 0 bridgehead atoms. The highest BCUT2D eigenvalue weighted by Crippen LogP contribution is 1.95. The lowest BCUT2D eigenvalue weighted by Gasteiger charge is -2.19. The van der Waals surface area contributed by atoms with E-state index in [1.54, 1.807) is 6.92 Å². The SMILES string of the molecule is CCN(CCOC(N)=O)C(=O)CC(C)=O. The lowest BCUT2D eigenvalue weighted by molar-refractivity contribution is -0.135. The molecule has 6 heteroatoms. The monoisotopic (exact) mass is 216 g/mol. The molecule has 0 heterocycles. The van der Waals surface area contributed by atoms with E-state index in [1.165, 1.54) is 11.8 Å². The third-order valence-corrected chi connectivity index (χ3v) is 1.74. The van der Waals surface area contributed by atoms with Crippen LogP contribution in [0.1, 0.15) is 20.3 Å². The standard InChI is InChI=1S/C9H16N2O4/c1-3-11(4-5-15-9(10)14)8(13)6-7(2)12/h3-6H2,1-2H3,(H2,10,14). The molecule has 0 fully saturated rings. The number of hydrogen-bond acceptors (Lipinski definition) is 4. The minimum Gasteiger partial charge on any atom is -0.448 e. The first-order valence-electron chi connectivity index (χ1n) is 4.66. The second-order valence-electron chi connectivity index (χ2n) is 3.02. The fraction of sp³-hybridized carbons (Fsp3) is 0.667. The van der Waals surface area contributed by atoms with Crippen LogP contribution in [0.2, 0.25) is 0 Å². The van der Waals surface area contributed by atoms with Crippen LogP contribution in [-0.2, 0) is 14.3 Å². The van der Waals surface area contributed by atoms with E-state index in [0.29, 0.717) is 6.54 Å². The Hall–Kier alpha value is -1.59. The van der Waals surface area contributed by atoms with Gasteiger partial charge in [0.25, 0.3) is 0 Å². The van der Waals surface area contributed by atoms with E-state index in [1.807, 2.05) is 0 Å². The summed E-state index contributed by atoms with van der Waals surface area (Å²) in [6.07, 6.45) is -0.991. The Labute approximate surface area is 88.4 Å². The molecule has 0 saturated carbocycles. The first kappa shape index (κ1) is 13.4. The Bertz CT molecular complexity index is 252. The summed E-state index contributed by atoms with van der Waals surface area (Å²) in [5.74, 6) is -0.452. The van der Waals surface area contributed by atoms with Crippen molar-refractivity contribution in [1.82, 2.24) is 4.90 Å². The zero-order valence-electron chi connectivity index (χ0n) is 8.99. The molecule has 0 spiro atoms. The van der Waals surface area contributed by atoms with E-state index in [2.05, 4.69) is 4.74 Å². The van der Waals surface area contributed by atoms with Crippen LogP contribution in [0, 0.1) is 0 Å². The highest BCUT2D eigenvalue weighted by molar-refractivity contribution is 5.96. The maximum absolute atomic E-state index is 11.4. The van der Waals surface area contributed by atoms with Crippen LogP contribution in [0.3, 0.4) is 0 Å². The van der Waals surface area contributed by atoms with Gasteiger partial charge >= 0.3 is 6.09 Å². The Morgan fingerprint density at radius 3 is 2.33 bits per heavy atom. The van der Waals surface area contributed by atoms with Crippen LogP contribution in [0.15, 0.2) is 0 Å². The number of ketones is 1. The van der Waals surface area contributed by atoms with Gasteiger partial charge in [0.1, 0.15) is 12.4 Å². The number of ether oxygens (including phenoxy) is 1. The van der Waals surface area contributed by atoms with Gasteiger partial charge in [-0.2, -0.15) is 0 Å². The number of hydrogen-bond donors (Lipinski definition) is 1. The van der Waals surface area contributed by atoms with Crippen LogP contribution in [0.4, 0.5) is 4.79 Å². The molecule has 2 amide bonds. The van der Waals surface area contributed by atoms with Crippen molar-refractivity contribution in [3.05, 3.63) is 0 Å². The average molecular weight is 216 g/mol. The van der Waals surface area contributed by atoms with Crippen molar-refractivity contribution in [2.75, 3.05) is 19.7 Å². The van der Waals surface area contributed by atoms with Gasteiger partial charge in [0.05, 0.1) is 13.0 Å². The van der Waals surface area contributed by atoms with Gasteiger partial charge in [0.15, 0.2) is 0 Å². The number of rotatable bonds is 6. The number of Topliss-reactive ketones (excluding diaryl/α,β-unsaturated/α-hetero) is 1. The van der Waals surface area contributed by atoms with Crippen molar-refractivity contribution in [2.24, 2.45) is 5.73 Å².